The molecule has 1 atom stereocenters. The molecule has 144 valence electrons. The van der Waals surface area contributed by atoms with Gasteiger partial charge in [0.2, 0.25) is 0 Å². The topological polar surface area (TPSA) is 73.2 Å². The van der Waals surface area contributed by atoms with Crippen LogP contribution < -0.4 is 5.32 Å². The minimum Gasteiger partial charge on any atom is -0.464 e. The summed E-state index contributed by atoms with van der Waals surface area (Å²) in [7, 11) is 0. The number of nitrogens with one attached hydrogen (secondary N) is 1. The highest BCUT2D eigenvalue weighted by Gasteiger charge is 2.26. The summed E-state index contributed by atoms with van der Waals surface area (Å²) in [4.78, 5) is 29.4. The number of esters is 1. The fourth-order valence-corrected chi connectivity index (χ4v) is 3.42. The number of fused-ring (bicyclic) bond motifs is 1. The van der Waals surface area contributed by atoms with Crippen LogP contribution in [-0.2, 0) is 22.5 Å². The lowest BCUT2D eigenvalue weighted by Gasteiger charge is -2.12. The molecule has 2 aromatic rings. The van der Waals surface area contributed by atoms with Crippen LogP contribution >= 0.6 is 0 Å². The van der Waals surface area contributed by atoms with Gasteiger partial charge in [-0.2, -0.15) is 0 Å². The molecule has 6 heteroatoms. The van der Waals surface area contributed by atoms with E-state index in [9.17, 15) is 9.59 Å². The van der Waals surface area contributed by atoms with Crippen LogP contribution in [0.4, 0.5) is 0 Å². The number of amides is 1. The van der Waals surface area contributed by atoms with E-state index in [4.69, 9.17) is 9.72 Å². The summed E-state index contributed by atoms with van der Waals surface area (Å²) in [5.74, 6) is 0.0651. The van der Waals surface area contributed by atoms with E-state index in [0.29, 0.717) is 5.69 Å². The van der Waals surface area contributed by atoms with Gasteiger partial charge in [-0.25, -0.2) is 9.78 Å². The van der Waals surface area contributed by atoms with Crippen molar-refractivity contribution in [3.63, 3.8) is 0 Å². The average molecular weight is 369 g/mol. The number of ether oxygens (including phenoxy) is 1. The fraction of sp³-hybridized carbons (Fsp3) is 0.476. The van der Waals surface area contributed by atoms with Gasteiger partial charge in [-0.3, -0.25) is 4.79 Å². The van der Waals surface area contributed by atoms with Crippen molar-refractivity contribution < 1.29 is 14.3 Å². The Labute approximate surface area is 159 Å². The van der Waals surface area contributed by atoms with Crippen LogP contribution in [0, 0.1) is 6.92 Å². The second-order valence-electron chi connectivity index (χ2n) is 7.01. The highest BCUT2D eigenvalue weighted by molar-refractivity contribution is 5.96. The van der Waals surface area contributed by atoms with E-state index in [2.05, 4.69) is 22.0 Å². The average Bonchev–Trinajstić information content (AvgIpc) is 2.84. The maximum absolute atomic E-state index is 12.9. The van der Waals surface area contributed by atoms with E-state index in [0.717, 1.165) is 49.3 Å². The summed E-state index contributed by atoms with van der Waals surface area (Å²) < 4.78 is 7.15. The standard InChI is InChI=1S/C21H27N3O3/c1-4-27-21(26)15(3)22-20(25)18-17-8-6-5-7-13-24(17)19(23-18)16-11-9-14(2)10-12-16/h9-12,15H,4-8,13H2,1-3H3,(H,22,25). The number of hydrogen-bond donors (Lipinski definition) is 1. The second kappa shape index (κ2) is 8.37. The molecule has 1 N–H and O–H groups in total. The number of carbonyl (C=O) groups is 2. The molecule has 0 bridgehead atoms. The smallest absolute Gasteiger partial charge is 0.328 e. The van der Waals surface area contributed by atoms with E-state index in [1.165, 1.54) is 5.56 Å². The first-order valence-corrected chi connectivity index (χ1v) is 9.65. The van der Waals surface area contributed by atoms with Gasteiger partial charge >= 0.3 is 5.97 Å². The molecule has 1 amide bonds. The highest BCUT2D eigenvalue weighted by Crippen LogP contribution is 2.27. The number of imidazole rings is 1. The van der Waals surface area contributed by atoms with Crippen molar-refractivity contribution in [2.24, 2.45) is 0 Å². The Morgan fingerprint density at radius 2 is 1.96 bits per heavy atom. The van der Waals surface area contributed by atoms with Gasteiger partial charge in [-0.05, 0) is 40.0 Å². The van der Waals surface area contributed by atoms with E-state index >= 15 is 0 Å². The van der Waals surface area contributed by atoms with E-state index in [1.54, 1.807) is 13.8 Å². The van der Waals surface area contributed by atoms with Crippen LogP contribution in [0.3, 0.4) is 0 Å². The van der Waals surface area contributed by atoms with Crippen LogP contribution in [0.2, 0.25) is 0 Å². The zero-order chi connectivity index (χ0) is 19.4. The lowest BCUT2D eigenvalue weighted by Crippen LogP contribution is -2.40. The maximum Gasteiger partial charge on any atom is 0.328 e. The first-order chi connectivity index (χ1) is 13.0. The number of aromatic nitrogens is 2. The van der Waals surface area contributed by atoms with Gasteiger partial charge < -0.3 is 14.6 Å². The largest absolute Gasteiger partial charge is 0.464 e. The van der Waals surface area contributed by atoms with Gasteiger partial charge in [-0.1, -0.05) is 36.2 Å². The highest BCUT2D eigenvalue weighted by atomic mass is 16.5. The van der Waals surface area contributed by atoms with Crippen LogP contribution in [-0.4, -0.2) is 34.1 Å². The number of rotatable bonds is 5. The van der Waals surface area contributed by atoms with Crippen molar-refractivity contribution in [1.29, 1.82) is 0 Å². The Balaban J connectivity index is 1.94. The SMILES string of the molecule is CCOC(=O)C(C)NC(=O)c1nc(-c2ccc(C)cc2)n2c1CCCCC2. The molecule has 0 saturated heterocycles. The van der Waals surface area contributed by atoms with Crippen LogP contribution in [0.25, 0.3) is 11.4 Å². The molecule has 0 fully saturated rings. The summed E-state index contributed by atoms with van der Waals surface area (Å²) in [5.41, 5.74) is 3.56. The van der Waals surface area contributed by atoms with Gasteiger partial charge in [0.1, 0.15) is 17.6 Å². The first kappa shape index (κ1) is 19.1. The van der Waals surface area contributed by atoms with Crippen LogP contribution in [0.15, 0.2) is 24.3 Å². The summed E-state index contributed by atoms with van der Waals surface area (Å²) in [5, 5.41) is 2.74. The molecule has 1 aromatic carbocycles. The molecular weight excluding hydrogens is 342 g/mol. The third-order valence-corrected chi connectivity index (χ3v) is 4.88. The third-order valence-electron chi connectivity index (χ3n) is 4.88. The molecule has 1 aliphatic rings. The molecule has 6 nitrogen and oxygen atoms in total. The zero-order valence-corrected chi connectivity index (χ0v) is 16.2. The fourth-order valence-electron chi connectivity index (χ4n) is 3.42. The van der Waals surface area contributed by atoms with Crippen molar-refractivity contribution in [2.75, 3.05) is 6.61 Å². The number of aryl methyl sites for hydroxylation is 1. The van der Waals surface area contributed by atoms with Gasteiger partial charge in [0.15, 0.2) is 0 Å². The summed E-state index contributed by atoms with van der Waals surface area (Å²) in [6.07, 6.45) is 4.06. The van der Waals surface area contributed by atoms with Gasteiger partial charge in [0, 0.05) is 12.1 Å². The molecule has 1 aliphatic heterocycles. The quantitative estimate of drug-likeness (QED) is 0.821. The Kier molecular flexibility index (Phi) is 5.94. The van der Waals surface area contributed by atoms with Gasteiger partial charge in [0.05, 0.1) is 12.3 Å². The van der Waals surface area contributed by atoms with Crippen molar-refractivity contribution in [1.82, 2.24) is 14.9 Å². The molecule has 0 spiro atoms. The van der Waals surface area contributed by atoms with Crippen molar-refractivity contribution in [2.45, 2.75) is 59.0 Å². The molecule has 0 radical (unpaired) electrons. The van der Waals surface area contributed by atoms with Crippen LogP contribution in [0.1, 0.15) is 54.9 Å². The van der Waals surface area contributed by atoms with Gasteiger partial charge in [-0.15, -0.1) is 0 Å². The van der Waals surface area contributed by atoms with Gasteiger partial charge in [0.25, 0.3) is 5.91 Å². The molecule has 1 aromatic heterocycles. The minimum atomic E-state index is -0.705. The van der Waals surface area contributed by atoms with E-state index < -0.39 is 12.0 Å². The zero-order valence-electron chi connectivity index (χ0n) is 16.2. The second-order valence-corrected chi connectivity index (χ2v) is 7.01. The Bertz CT molecular complexity index is 824. The minimum absolute atomic E-state index is 0.288. The van der Waals surface area contributed by atoms with Crippen molar-refractivity contribution in [3.05, 3.63) is 41.2 Å². The predicted molar refractivity (Wildman–Crippen MR) is 104 cm³/mol. The third kappa shape index (κ3) is 4.21. The molecule has 2 heterocycles. The normalized spacial score (nSPS) is 14.8. The molecule has 0 aliphatic carbocycles. The lowest BCUT2D eigenvalue weighted by atomic mass is 10.1. The molecule has 27 heavy (non-hydrogen) atoms. The predicted octanol–water partition coefficient (Wildman–Crippen LogP) is 3.27. The first-order valence-electron chi connectivity index (χ1n) is 9.65. The molecule has 0 saturated carbocycles. The van der Waals surface area contributed by atoms with Crippen molar-refractivity contribution in [3.8, 4) is 11.4 Å². The van der Waals surface area contributed by atoms with Crippen LogP contribution in [0.5, 0.6) is 0 Å². The Morgan fingerprint density at radius 1 is 1.22 bits per heavy atom. The molecule has 3 rings (SSSR count). The summed E-state index contributed by atoms with van der Waals surface area (Å²) in [6.45, 7) is 6.56. The summed E-state index contributed by atoms with van der Waals surface area (Å²) in [6, 6.07) is 7.48. The maximum atomic E-state index is 12.9. The number of nitrogens with zero attached hydrogens (tertiary/aromatic N) is 2. The summed E-state index contributed by atoms with van der Waals surface area (Å²) >= 11 is 0. The van der Waals surface area contributed by atoms with E-state index in [1.807, 2.05) is 19.1 Å². The molecular formula is C21H27N3O3. The number of benzene rings is 1. The number of carbonyl (C=O) groups excluding carboxylic acids is 2. The van der Waals surface area contributed by atoms with Crippen molar-refractivity contribution >= 4 is 11.9 Å². The van der Waals surface area contributed by atoms with E-state index in [-0.39, 0.29) is 12.5 Å². The Morgan fingerprint density at radius 3 is 2.67 bits per heavy atom. The number of hydrogen-bond acceptors (Lipinski definition) is 4. The monoisotopic (exact) mass is 369 g/mol. The Hall–Kier alpha value is -2.63. The molecule has 1 unspecified atom stereocenters. The lowest BCUT2D eigenvalue weighted by molar-refractivity contribution is -0.144.